The van der Waals surface area contributed by atoms with Crippen LogP contribution in [0.4, 0.5) is 0 Å². The zero-order valence-electron chi connectivity index (χ0n) is 9.70. The first-order valence-electron chi connectivity index (χ1n) is 5.66. The van der Waals surface area contributed by atoms with Crippen LogP contribution in [0.25, 0.3) is 0 Å². The second-order valence-corrected chi connectivity index (χ2v) is 4.06. The van der Waals surface area contributed by atoms with E-state index in [2.05, 4.69) is 22.1 Å². The molecule has 0 aliphatic carbocycles. The van der Waals surface area contributed by atoms with Crippen LogP contribution in [0.1, 0.15) is 20.3 Å². The van der Waals surface area contributed by atoms with Gasteiger partial charge in [0.2, 0.25) is 0 Å². The van der Waals surface area contributed by atoms with Crippen molar-refractivity contribution < 1.29 is 4.79 Å². The molecule has 0 aromatic carbocycles. The molecular weight excluding hydrogens is 192 g/mol. The van der Waals surface area contributed by atoms with Crippen molar-refractivity contribution in [2.75, 3.05) is 32.7 Å². The largest absolute Gasteiger partial charge is 0.301 e. The summed E-state index contributed by atoms with van der Waals surface area (Å²) in [7, 11) is 0. The number of hydrazine groups is 1. The van der Waals surface area contributed by atoms with Gasteiger partial charge in [-0.25, -0.2) is 5.84 Å². The molecule has 3 N–H and O–H groups in total. The van der Waals surface area contributed by atoms with Crippen LogP contribution >= 0.6 is 0 Å². The minimum absolute atomic E-state index is 0.0982. The Labute approximate surface area is 91.6 Å². The average molecular weight is 214 g/mol. The van der Waals surface area contributed by atoms with Crippen LogP contribution in [0.5, 0.6) is 0 Å². The molecule has 1 amide bonds. The molecule has 1 atom stereocenters. The molecule has 0 aromatic rings. The van der Waals surface area contributed by atoms with Gasteiger partial charge in [0.05, 0.1) is 6.04 Å². The highest BCUT2D eigenvalue weighted by atomic mass is 16.2. The molecule has 1 aliphatic heterocycles. The van der Waals surface area contributed by atoms with E-state index in [0.29, 0.717) is 0 Å². The van der Waals surface area contributed by atoms with E-state index >= 15 is 0 Å². The van der Waals surface area contributed by atoms with E-state index in [0.717, 1.165) is 32.7 Å². The van der Waals surface area contributed by atoms with Crippen LogP contribution < -0.4 is 11.3 Å². The number of nitrogens with zero attached hydrogens (tertiary/aromatic N) is 2. The smallest absolute Gasteiger partial charge is 0.250 e. The molecule has 1 saturated heterocycles. The quantitative estimate of drug-likeness (QED) is 0.372. The van der Waals surface area contributed by atoms with Gasteiger partial charge in [-0.3, -0.25) is 15.1 Å². The molecule has 15 heavy (non-hydrogen) atoms. The lowest BCUT2D eigenvalue weighted by atomic mass is 10.2. The predicted octanol–water partition coefficient (Wildman–Crippen LogP) is -0.608. The third-order valence-corrected chi connectivity index (χ3v) is 3.02. The van der Waals surface area contributed by atoms with E-state index in [1.165, 1.54) is 6.42 Å². The van der Waals surface area contributed by atoms with E-state index in [1.54, 1.807) is 0 Å². The molecule has 0 bridgehead atoms. The molecule has 0 saturated carbocycles. The van der Waals surface area contributed by atoms with Gasteiger partial charge in [-0.1, -0.05) is 6.92 Å². The van der Waals surface area contributed by atoms with Crippen molar-refractivity contribution in [3.05, 3.63) is 0 Å². The van der Waals surface area contributed by atoms with E-state index in [1.807, 2.05) is 6.92 Å². The topological polar surface area (TPSA) is 61.6 Å². The highest BCUT2D eigenvalue weighted by molar-refractivity contribution is 5.80. The first-order valence-corrected chi connectivity index (χ1v) is 5.66. The number of amides is 1. The number of carbonyl (C=O) groups is 1. The lowest BCUT2D eigenvalue weighted by molar-refractivity contribution is -0.126. The molecule has 1 aliphatic rings. The fourth-order valence-electron chi connectivity index (χ4n) is 1.98. The second-order valence-electron chi connectivity index (χ2n) is 4.06. The molecule has 5 nitrogen and oxygen atoms in total. The average Bonchev–Trinajstić information content (AvgIpc) is 2.28. The molecule has 1 heterocycles. The maximum atomic E-state index is 11.3. The van der Waals surface area contributed by atoms with Crippen LogP contribution in [0.15, 0.2) is 0 Å². The van der Waals surface area contributed by atoms with Gasteiger partial charge >= 0.3 is 0 Å². The Morgan fingerprint density at radius 1 is 1.40 bits per heavy atom. The van der Waals surface area contributed by atoms with Crippen molar-refractivity contribution in [3.8, 4) is 0 Å². The van der Waals surface area contributed by atoms with Gasteiger partial charge in [-0.2, -0.15) is 0 Å². The first kappa shape index (κ1) is 12.4. The van der Waals surface area contributed by atoms with Crippen molar-refractivity contribution in [1.29, 1.82) is 0 Å². The van der Waals surface area contributed by atoms with Crippen LogP contribution in [0.3, 0.4) is 0 Å². The Hall–Kier alpha value is -0.650. The minimum Gasteiger partial charge on any atom is -0.301 e. The Bertz CT molecular complexity index is 202. The minimum atomic E-state index is -0.112. The maximum Gasteiger partial charge on any atom is 0.250 e. The summed E-state index contributed by atoms with van der Waals surface area (Å²) in [6.07, 6.45) is 1.19. The summed E-state index contributed by atoms with van der Waals surface area (Å²) in [5, 5.41) is 0. The summed E-state index contributed by atoms with van der Waals surface area (Å²) in [6, 6.07) is -0.112. The van der Waals surface area contributed by atoms with E-state index in [4.69, 9.17) is 5.84 Å². The summed E-state index contributed by atoms with van der Waals surface area (Å²) < 4.78 is 0. The van der Waals surface area contributed by atoms with Crippen LogP contribution in [0, 0.1) is 0 Å². The van der Waals surface area contributed by atoms with Gasteiger partial charge in [0, 0.05) is 26.2 Å². The lowest BCUT2D eigenvalue weighted by Gasteiger charge is -2.37. The van der Waals surface area contributed by atoms with Gasteiger partial charge in [-0.05, 0) is 19.9 Å². The molecule has 0 aromatic heterocycles. The van der Waals surface area contributed by atoms with Gasteiger partial charge < -0.3 is 4.90 Å². The molecule has 0 spiro atoms. The molecule has 1 unspecified atom stereocenters. The lowest BCUT2D eigenvalue weighted by Crippen LogP contribution is -2.54. The van der Waals surface area contributed by atoms with Crippen molar-refractivity contribution in [3.63, 3.8) is 0 Å². The standard InChI is InChI=1S/C10H22N4O/c1-3-4-13-5-7-14(8-6-13)9(2)10(15)12-11/h9H,3-8,11H2,1-2H3,(H,12,15). The molecular formula is C10H22N4O. The second kappa shape index (κ2) is 6.05. The Morgan fingerprint density at radius 2 is 2.00 bits per heavy atom. The molecule has 5 heteroatoms. The SMILES string of the molecule is CCCN1CCN(C(C)C(=O)NN)CC1. The highest BCUT2D eigenvalue weighted by Gasteiger charge is 2.24. The van der Waals surface area contributed by atoms with E-state index in [-0.39, 0.29) is 11.9 Å². The fraction of sp³-hybridized carbons (Fsp3) is 0.900. The number of rotatable bonds is 4. The fourth-order valence-corrected chi connectivity index (χ4v) is 1.98. The van der Waals surface area contributed by atoms with Gasteiger partial charge in [-0.15, -0.1) is 0 Å². The monoisotopic (exact) mass is 214 g/mol. The van der Waals surface area contributed by atoms with E-state index in [9.17, 15) is 4.79 Å². The first-order chi connectivity index (χ1) is 7.19. The molecule has 88 valence electrons. The van der Waals surface area contributed by atoms with E-state index < -0.39 is 0 Å². The predicted molar refractivity (Wildman–Crippen MR) is 60.1 cm³/mol. The third kappa shape index (κ3) is 3.44. The zero-order chi connectivity index (χ0) is 11.3. The summed E-state index contributed by atoms with van der Waals surface area (Å²) in [4.78, 5) is 15.9. The summed E-state index contributed by atoms with van der Waals surface area (Å²) >= 11 is 0. The Balaban J connectivity index is 2.33. The van der Waals surface area contributed by atoms with Crippen molar-refractivity contribution in [1.82, 2.24) is 15.2 Å². The normalized spacial score (nSPS) is 21.3. The number of carbonyl (C=O) groups excluding carboxylic acids is 1. The van der Waals surface area contributed by atoms with Gasteiger partial charge in [0.15, 0.2) is 0 Å². The molecule has 1 fully saturated rings. The maximum absolute atomic E-state index is 11.3. The van der Waals surface area contributed by atoms with Crippen molar-refractivity contribution >= 4 is 5.91 Å². The van der Waals surface area contributed by atoms with Crippen LogP contribution in [-0.4, -0.2) is 54.5 Å². The number of hydrogen-bond acceptors (Lipinski definition) is 4. The molecule has 1 rings (SSSR count). The van der Waals surface area contributed by atoms with Crippen molar-refractivity contribution in [2.24, 2.45) is 5.84 Å². The number of nitrogens with two attached hydrogens (primary N) is 1. The van der Waals surface area contributed by atoms with Gasteiger partial charge in [0.25, 0.3) is 5.91 Å². The summed E-state index contributed by atoms with van der Waals surface area (Å²) in [6.45, 7) is 9.26. The summed E-state index contributed by atoms with van der Waals surface area (Å²) in [5.41, 5.74) is 2.20. The Kier molecular flexibility index (Phi) is 5.01. The highest BCUT2D eigenvalue weighted by Crippen LogP contribution is 2.06. The van der Waals surface area contributed by atoms with Crippen LogP contribution in [0.2, 0.25) is 0 Å². The molecule has 0 radical (unpaired) electrons. The third-order valence-electron chi connectivity index (χ3n) is 3.02. The number of nitrogens with one attached hydrogen (secondary N) is 1. The number of hydrogen-bond donors (Lipinski definition) is 2. The Morgan fingerprint density at radius 3 is 2.47 bits per heavy atom. The zero-order valence-corrected chi connectivity index (χ0v) is 9.70. The number of piperazine rings is 1. The summed E-state index contributed by atoms with van der Waals surface area (Å²) in [5.74, 6) is 5.02. The van der Waals surface area contributed by atoms with Crippen molar-refractivity contribution in [2.45, 2.75) is 26.3 Å². The van der Waals surface area contributed by atoms with Gasteiger partial charge in [0.1, 0.15) is 0 Å². The van der Waals surface area contributed by atoms with Crippen LogP contribution in [-0.2, 0) is 4.79 Å².